The third-order valence-electron chi connectivity index (χ3n) is 5.17. The lowest BCUT2D eigenvalue weighted by molar-refractivity contribution is -0.135. The van der Waals surface area contributed by atoms with Gasteiger partial charge in [0.25, 0.3) is 0 Å². The first-order valence-electron chi connectivity index (χ1n) is 9.60. The van der Waals surface area contributed by atoms with Crippen molar-refractivity contribution in [2.24, 2.45) is 11.8 Å². The smallest absolute Gasteiger partial charge is 0.409 e. The summed E-state index contributed by atoms with van der Waals surface area (Å²) in [7, 11) is 1.56. The quantitative estimate of drug-likeness (QED) is 0.831. The van der Waals surface area contributed by atoms with Crippen LogP contribution in [0.1, 0.15) is 18.9 Å². The molecule has 1 saturated heterocycles. The average Bonchev–Trinajstić information content (AvgIpc) is 3.49. The summed E-state index contributed by atoms with van der Waals surface area (Å²) in [6.07, 6.45) is 0.210. The fourth-order valence-electron chi connectivity index (χ4n) is 3.46. The number of carbonyl (C=O) groups is 3. The Kier molecular flexibility index (Phi) is 6.06. The van der Waals surface area contributed by atoms with E-state index in [2.05, 4.69) is 5.32 Å². The first-order valence-corrected chi connectivity index (χ1v) is 9.60. The van der Waals surface area contributed by atoms with Gasteiger partial charge in [0.05, 0.1) is 31.2 Å². The SMILES string of the molecule is CCOC(=O)N1CCN(C(=O)C2CC2C(=O)Nc2cc(C)ccc2OC)CC1. The van der Waals surface area contributed by atoms with Gasteiger partial charge in [-0.1, -0.05) is 6.07 Å². The maximum Gasteiger partial charge on any atom is 0.409 e. The highest BCUT2D eigenvalue weighted by Crippen LogP contribution is 2.41. The van der Waals surface area contributed by atoms with Crippen LogP contribution >= 0.6 is 0 Å². The maximum absolute atomic E-state index is 12.7. The molecule has 8 heteroatoms. The van der Waals surface area contributed by atoms with Crippen LogP contribution in [0.25, 0.3) is 0 Å². The maximum atomic E-state index is 12.7. The number of ether oxygens (including phenoxy) is 2. The van der Waals surface area contributed by atoms with Crippen LogP contribution in [0.4, 0.5) is 10.5 Å². The Morgan fingerprint density at radius 3 is 2.43 bits per heavy atom. The summed E-state index contributed by atoms with van der Waals surface area (Å²) in [5.41, 5.74) is 1.63. The minimum atomic E-state index is -0.342. The van der Waals surface area contributed by atoms with E-state index in [0.29, 0.717) is 50.6 Å². The van der Waals surface area contributed by atoms with Crippen LogP contribution in [0.15, 0.2) is 18.2 Å². The van der Waals surface area contributed by atoms with Gasteiger partial charge in [-0.15, -0.1) is 0 Å². The van der Waals surface area contributed by atoms with E-state index >= 15 is 0 Å². The number of anilines is 1. The molecule has 1 aliphatic heterocycles. The third-order valence-corrected chi connectivity index (χ3v) is 5.17. The van der Waals surface area contributed by atoms with Crippen LogP contribution in [0.5, 0.6) is 5.75 Å². The molecule has 1 aromatic carbocycles. The van der Waals surface area contributed by atoms with E-state index in [-0.39, 0.29) is 29.7 Å². The van der Waals surface area contributed by atoms with Crippen molar-refractivity contribution in [3.8, 4) is 5.75 Å². The lowest BCUT2D eigenvalue weighted by Gasteiger charge is -2.34. The Hall–Kier alpha value is -2.77. The Bertz CT molecular complexity index is 758. The molecule has 2 aliphatic rings. The van der Waals surface area contributed by atoms with Crippen LogP contribution in [0.3, 0.4) is 0 Å². The molecule has 1 saturated carbocycles. The number of rotatable bonds is 5. The number of piperazine rings is 1. The summed E-state index contributed by atoms with van der Waals surface area (Å²) in [5.74, 6) is -0.185. The number of amides is 3. The molecule has 2 fully saturated rings. The molecule has 8 nitrogen and oxygen atoms in total. The summed E-state index contributed by atoms with van der Waals surface area (Å²) in [6, 6.07) is 5.57. The molecule has 0 bridgehead atoms. The van der Waals surface area contributed by atoms with Gasteiger partial charge in [0, 0.05) is 26.2 Å². The highest BCUT2D eigenvalue weighted by molar-refractivity contribution is 6.00. The van der Waals surface area contributed by atoms with Gasteiger partial charge < -0.3 is 24.6 Å². The van der Waals surface area contributed by atoms with Crippen molar-refractivity contribution in [2.45, 2.75) is 20.3 Å². The molecule has 28 heavy (non-hydrogen) atoms. The molecule has 3 rings (SSSR count). The lowest BCUT2D eigenvalue weighted by atomic mass is 10.2. The predicted molar refractivity (Wildman–Crippen MR) is 103 cm³/mol. The molecule has 1 aromatic rings. The second-order valence-corrected chi connectivity index (χ2v) is 7.15. The van der Waals surface area contributed by atoms with E-state index in [4.69, 9.17) is 9.47 Å². The topological polar surface area (TPSA) is 88.2 Å². The minimum absolute atomic E-state index is 0.0140. The number of hydrogen-bond donors (Lipinski definition) is 1. The zero-order chi connectivity index (χ0) is 20.3. The van der Waals surface area contributed by atoms with Gasteiger partial charge in [0.1, 0.15) is 5.75 Å². The molecular weight excluding hydrogens is 362 g/mol. The monoisotopic (exact) mass is 389 g/mol. The van der Waals surface area contributed by atoms with Crippen molar-refractivity contribution in [3.63, 3.8) is 0 Å². The van der Waals surface area contributed by atoms with Crippen LogP contribution in [0.2, 0.25) is 0 Å². The Labute approximate surface area is 164 Å². The van der Waals surface area contributed by atoms with Crippen molar-refractivity contribution in [1.82, 2.24) is 9.80 Å². The zero-order valence-corrected chi connectivity index (χ0v) is 16.6. The second-order valence-electron chi connectivity index (χ2n) is 7.15. The zero-order valence-electron chi connectivity index (χ0n) is 16.6. The molecule has 3 amide bonds. The normalized spacial score (nSPS) is 21.1. The molecular formula is C20H27N3O5. The predicted octanol–water partition coefficient (Wildman–Crippen LogP) is 1.88. The Balaban J connectivity index is 1.51. The molecule has 1 N–H and O–H groups in total. The first-order chi connectivity index (χ1) is 13.4. The number of nitrogens with one attached hydrogen (secondary N) is 1. The molecule has 0 spiro atoms. The summed E-state index contributed by atoms with van der Waals surface area (Å²) in [6.45, 7) is 5.88. The summed E-state index contributed by atoms with van der Waals surface area (Å²) >= 11 is 0. The van der Waals surface area contributed by atoms with Gasteiger partial charge >= 0.3 is 6.09 Å². The highest BCUT2D eigenvalue weighted by Gasteiger charge is 2.50. The van der Waals surface area contributed by atoms with Gasteiger partial charge in [-0.2, -0.15) is 0 Å². The standard InChI is InChI=1S/C20H27N3O5/c1-4-28-20(26)23-9-7-22(8-10-23)19(25)15-12-14(15)18(24)21-16-11-13(2)5-6-17(16)27-3/h5-6,11,14-15H,4,7-10,12H2,1-3H3,(H,21,24). The van der Waals surface area contributed by atoms with Gasteiger partial charge in [-0.05, 0) is 38.0 Å². The van der Waals surface area contributed by atoms with Crippen molar-refractivity contribution in [2.75, 3.05) is 45.2 Å². The van der Waals surface area contributed by atoms with Crippen LogP contribution in [-0.4, -0.2) is 67.6 Å². The summed E-state index contributed by atoms with van der Waals surface area (Å²) in [4.78, 5) is 40.3. The highest BCUT2D eigenvalue weighted by atomic mass is 16.6. The van der Waals surface area contributed by atoms with E-state index in [1.807, 2.05) is 25.1 Å². The molecule has 2 atom stereocenters. The largest absolute Gasteiger partial charge is 0.495 e. The second kappa shape index (κ2) is 8.50. The van der Waals surface area contributed by atoms with Crippen molar-refractivity contribution >= 4 is 23.6 Å². The van der Waals surface area contributed by atoms with E-state index in [9.17, 15) is 14.4 Å². The number of methoxy groups -OCH3 is 1. The van der Waals surface area contributed by atoms with Crippen molar-refractivity contribution in [3.05, 3.63) is 23.8 Å². The number of nitrogens with zero attached hydrogens (tertiary/aromatic N) is 2. The van der Waals surface area contributed by atoms with Crippen LogP contribution in [-0.2, 0) is 14.3 Å². The molecule has 0 radical (unpaired) electrons. The lowest BCUT2D eigenvalue weighted by Crippen LogP contribution is -2.51. The van der Waals surface area contributed by atoms with Gasteiger partial charge in [0.2, 0.25) is 11.8 Å². The van der Waals surface area contributed by atoms with Crippen molar-refractivity contribution in [1.29, 1.82) is 0 Å². The van der Waals surface area contributed by atoms with Gasteiger partial charge in [-0.3, -0.25) is 9.59 Å². The first kappa shape index (κ1) is 20.0. The third kappa shape index (κ3) is 4.37. The van der Waals surface area contributed by atoms with Crippen molar-refractivity contribution < 1.29 is 23.9 Å². The molecule has 2 unspecified atom stereocenters. The number of aryl methyl sites for hydroxylation is 1. The number of benzene rings is 1. The van der Waals surface area contributed by atoms with Gasteiger partial charge in [0.15, 0.2) is 0 Å². The Morgan fingerprint density at radius 1 is 1.11 bits per heavy atom. The van der Waals surface area contributed by atoms with Crippen LogP contribution in [0, 0.1) is 18.8 Å². The van der Waals surface area contributed by atoms with E-state index in [1.165, 1.54) is 0 Å². The van der Waals surface area contributed by atoms with Crippen LogP contribution < -0.4 is 10.1 Å². The number of carbonyl (C=O) groups excluding carboxylic acids is 3. The number of hydrogen-bond acceptors (Lipinski definition) is 5. The van der Waals surface area contributed by atoms with E-state index in [0.717, 1.165) is 5.56 Å². The van der Waals surface area contributed by atoms with Gasteiger partial charge in [-0.25, -0.2) is 4.79 Å². The summed E-state index contributed by atoms with van der Waals surface area (Å²) in [5, 5.41) is 2.88. The fourth-order valence-corrected chi connectivity index (χ4v) is 3.46. The molecule has 1 heterocycles. The average molecular weight is 389 g/mol. The minimum Gasteiger partial charge on any atom is -0.495 e. The fraction of sp³-hybridized carbons (Fsp3) is 0.550. The summed E-state index contributed by atoms with van der Waals surface area (Å²) < 4.78 is 10.3. The molecule has 0 aromatic heterocycles. The molecule has 1 aliphatic carbocycles. The Morgan fingerprint density at radius 2 is 1.79 bits per heavy atom. The van der Waals surface area contributed by atoms with E-state index < -0.39 is 0 Å². The van der Waals surface area contributed by atoms with E-state index in [1.54, 1.807) is 23.8 Å². The molecule has 152 valence electrons.